The first-order valence-corrected chi connectivity index (χ1v) is 6.03. The highest BCUT2D eigenvalue weighted by Gasteiger charge is 2.36. The van der Waals surface area contributed by atoms with Gasteiger partial charge in [-0.3, -0.25) is 0 Å². The van der Waals surface area contributed by atoms with Crippen molar-refractivity contribution in [1.29, 1.82) is 0 Å². The molecule has 0 heterocycles. The molecule has 0 aliphatic heterocycles. The summed E-state index contributed by atoms with van der Waals surface area (Å²) >= 11 is 0. The van der Waals surface area contributed by atoms with Crippen LogP contribution in [0.4, 0.5) is 13.6 Å². The highest BCUT2D eigenvalue weighted by Crippen LogP contribution is 2.14. The lowest BCUT2D eigenvalue weighted by Gasteiger charge is -2.28. The van der Waals surface area contributed by atoms with Gasteiger partial charge in [-0.05, 0) is 12.8 Å². The number of aliphatic carboxylic acids is 1. The van der Waals surface area contributed by atoms with E-state index in [0.29, 0.717) is 0 Å². The van der Waals surface area contributed by atoms with Gasteiger partial charge in [-0.15, -0.1) is 0 Å². The first-order valence-electron chi connectivity index (χ1n) is 6.03. The van der Waals surface area contributed by atoms with Gasteiger partial charge in [0.15, 0.2) is 0 Å². The minimum Gasteiger partial charge on any atom is -0.480 e. The third-order valence-electron chi connectivity index (χ3n) is 2.75. The van der Waals surface area contributed by atoms with Crippen LogP contribution in [0.25, 0.3) is 0 Å². The fraction of sp³-hybridized carbons (Fsp3) is 0.818. The quantitative estimate of drug-likeness (QED) is 0.555. The average molecular weight is 282 g/mol. The molecule has 0 aromatic carbocycles. The molecule has 0 fully saturated rings. The van der Waals surface area contributed by atoms with Crippen molar-refractivity contribution >= 4 is 12.0 Å². The standard InChI is InChI=1S/C11H20F2N2O4/c1-3-11(4-2,9(16)17)15-10(18)14-5-6-19-7-8(12)13/h8H,3-7H2,1-2H3,(H,16,17)(H2,14,15,18). The van der Waals surface area contributed by atoms with Crippen LogP contribution in [0.1, 0.15) is 26.7 Å². The molecule has 0 aromatic rings. The molecule has 112 valence electrons. The second-order valence-corrected chi connectivity index (χ2v) is 3.94. The summed E-state index contributed by atoms with van der Waals surface area (Å²) in [6, 6.07) is -0.660. The molecule has 0 saturated heterocycles. The van der Waals surface area contributed by atoms with E-state index in [9.17, 15) is 18.4 Å². The summed E-state index contributed by atoms with van der Waals surface area (Å²) in [6.45, 7) is 2.59. The van der Waals surface area contributed by atoms with Crippen LogP contribution in [-0.4, -0.2) is 48.8 Å². The third kappa shape index (κ3) is 6.32. The maximum atomic E-state index is 11.7. The molecule has 0 spiro atoms. The third-order valence-corrected chi connectivity index (χ3v) is 2.75. The summed E-state index contributed by atoms with van der Waals surface area (Å²) < 4.78 is 28.0. The summed E-state index contributed by atoms with van der Waals surface area (Å²) in [6.07, 6.45) is -2.06. The summed E-state index contributed by atoms with van der Waals surface area (Å²) in [5, 5.41) is 13.8. The number of urea groups is 1. The molecule has 6 nitrogen and oxygen atoms in total. The topological polar surface area (TPSA) is 87.7 Å². The van der Waals surface area contributed by atoms with E-state index in [1.54, 1.807) is 13.8 Å². The van der Waals surface area contributed by atoms with Gasteiger partial charge in [0.2, 0.25) is 0 Å². The van der Waals surface area contributed by atoms with Gasteiger partial charge in [-0.25, -0.2) is 18.4 Å². The van der Waals surface area contributed by atoms with Crippen LogP contribution in [0.5, 0.6) is 0 Å². The van der Waals surface area contributed by atoms with Gasteiger partial charge in [-0.2, -0.15) is 0 Å². The van der Waals surface area contributed by atoms with Gasteiger partial charge in [0.25, 0.3) is 6.43 Å². The van der Waals surface area contributed by atoms with Crippen molar-refractivity contribution in [2.24, 2.45) is 0 Å². The van der Waals surface area contributed by atoms with E-state index in [2.05, 4.69) is 15.4 Å². The van der Waals surface area contributed by atoms with Crippen molar-refractivity contribution < 1.29 is 28.2 Å². The first-order chi connectivity index (χ1) is 8.88. The molecule has 0 unspecified atom stereocenters. The number of carboxylic acid groups (broad SMARTS) is 1. The highest BCUT2D eigenvalue weighted by molar-refractivity contribution is 5.86. The van der Waals surface area contributed by atoms with Gasteiger partial charge in [0, 0.05) is 6.54 Å². The number of rotatable bonds is 9. The van der Waals surface area contributed by atoms with E-state index in [-0.39, 0.29) is 26.0 Å². The number of alkyl halides is 2. The minimum atomic E-state index is -2.55. The van der Waals surface area contributed by atoms with Gasteiger partial charge in [0.05, 0.1) is 6.61 Å². The molecule has 8 heteroatoms. The number of hydrogen-bond acceptors (Lipinski definition) is 3. The lowest BCUT2D eigenvalue weighted by Crippen LogP contribution is -2.56. The monoisotopic (exact) mass is 282 g/mol. The summed E-state index contributed by atoms with van der Waals surface area (Å²) in [5.74, 6) is -1.11. The van der Waals surface area contributed by atoms with E-state index < -0.39 is 30.6 Å². The first kappa shape index (κ1) is 17.6. The average Bonchev–Trinajstić information content (AvgIpc) is 2.34. The van der Waals surface area contributed by atoms with Gasteiger partial charge < -0.3 is 20.5 Å². The Balaban J connectivity index is 4.05. The molecule has 2 amide bonds. The number of carbonyl (C=O) groups excluding carboxylic acids is 1. The van der Waals surface area contributed by atoms with Crippen molar-refractivity contribution in [3.63, 3.8) is 0 Å². The molecule has 0 saturated carbocycles. The molecule has 0 bridgehead atoms. The molecule has 0 aliphatic carbocycles. The molecule has 19 heavy (non-hydrogen) atoms. The Morgan fingerprint density at radius 2 is 1.89 bits per heavy atom. The zero-order valence-electron chi connectivity index (χ0n) is 11.0. The van der Waals surface area contributed by atoms with Crippen molar-refractivity contribution in [3.05, 3.63) is 0 Å². The fourth-order valence-corrected chi connectivity index (χ4v) is 1.45. The van der Waals surface area contributed by atoms with Gasteiger partial charge >= 0.3 is 12.0 Å². The van der Waals surface area contributed by atoms with Crippen molar-refractivity contribution in [2.45, 2.75) is 38.7 Å². The number of carbonyl (C=O) groups is 2. The lowest BCUT2D eigenvalue weighted by atomic mass is 9.93. The Hall–Kier alpha value is -1.44. The summed E-state index contributed by atoms with van der Waals surface area (Å²) in [5.41, 5.74) is -1.31. The second kappa shape index (κ2) is 8.63. The van der Waals surface area contributed by atoms with Crippen LogP contribution < -0.4 is 10.6 Å². The zero-order chi connectivity index (χ0) is 14.9. The fourth-order valence-electron chi connectivity index (χ4n) is 1.45. The summed E-state index contributed by atoms with van der Waals surface area (Å²) in [7, 11) is 0. The van der Waals surface area contributed by atoms with Crippen LogP contribution in [0.3, 0.4) is 0 Å². The SMILES string of the molecule is CCC(CC)(NC(=O)NCCOCC(F)F)C(=O)O. The van der Waals surface area contributed by atoms with Gasteiger partial charge in [-0.1, -0.05) is 13.8 Å². The number of amides is 2. The van der Waals surface area contributed by atoms with Crippen LogP contribution >= 0.6 is 0 Å². The van der Waals surface area contributed by atoms with E-state index in [4.69, 9.17) is 5.11 Å². The van der Waals surface area contributed by atoms with Crippen LogP contribution in [-0.2, 0) is 9.53 Å². The van der Waals surface area contributed by atoms with Crippen molar-refractivity contribution in [2.75, 3.05) is 19.8 Å². The molecular weight excluding hydrogens is 262 g/mol. The van der Waals surface area contributed by atoms with E-state index in [0.717, 1.165) is 0 Å². The Labute approximate surface area is 110 Å². The Bertz CT molecular complexity index is 296. The number of halogens is 2. The van der Waals surface area contributed by atoms with Crippen LogP contribution in [0.15, 0.2) is 0 Å². The van der Waals surface area contributed by atoms with Crippen molar-refractivity contribution in [1.82, 2.24) is 10.6 Å². The van der Waals surface area contributed by atoms with E-state index in [1.807, 2.05) is 0 Å². The number of nitrogens with one attached hydrogen (secondary N) is 2. The number of hydrogen-bond donors (Lipinski definition) is 3. The normalized spacial score (nSPS) is 11.4. The molecule has 0 radical (unpaired) electrons. The second-order valence-electron chi connectivity index (χ2n) is 3.94. The lowest BCUT2D eigenvalue weighted by molar-refractivity contribution is -0.144. The number of carboxylic acids is 1. The molecular formula is C11H20F2N2O4. The minimum absolute atomic E-state index is 0.0294. The largest absolute Gasteiger partial charge is 0.480 e. The van der Waals surface area contributed by atoms with Crippen LogP contribution in [0.2, 0.25) is 0 Å². The predicted octanol–water partition coefficient (Wildman–Crippen LogP) is 1.21. The van der Waals surface area contributed by atoms with Gasteiger partial charge in [0.1, 0.15) is 12.1 Å². The molecule has 3 N–H and O–H groups in total. The maximum Gasteiger partial charge on any atom is 0.329 e. The molecule has 0 rings (SSSR count). The van der Waals surface area contributed by atoms with E-state index >= 15 is 0 Å². The zero-order valence-corrected chi connectivity index (χ0v) is 11.0. The Morgan fingerprint density at radius 1 is 1.32 bits per heavy atom. The maximum absolute atomic E-state index is 11.7. The van der Waals surface area contributed by atoms with Crippen LogP contribution in [0, 0.1) is 0 Å². The summed E-state index contributed by atoms with van der Waals surface area (Å²) in [4.78, 5) is 22.6. The van der Waals surface area contributed by atoms with E-state index in [1.165, 1.54) is 0 Å². The molecule has 0 aromatic heterocycles. The molecule has 0 aliphatic rings. The van der Waals surface area contributed by atoms with Crippen molar-refractivity contribution in [3.8, 4) is 0 Å². The molecule has 0 atom stereocenters. The Morgan fingerprint density at radius 3 is 2.32 bits per heavy atom. The number of ether oxygens (including phenoxy) is 1. The highest BCUT2D eigenvalue weighted by atomic mass is 19.3. The smallest absolute Gasteiger partial charge is 0.329 e. The Kier molecular flexibility index (Phi) is 7.97. The predicted molar refractivity (Wildman–Crippen MR) is 64.3 cm³/mol.